The third kappa shape index (κ3) is 4.20. The van der Waals surface area contributed by atoms with Gasteiger partial charge in [0, 0.05) is 21.9 Å². The molecular formula is C28H32N2S. The summed E-state index contributed by atoms with van der Waals surface area (Å²) >= 11 is 1.80. The summed E-state index contributed by atoms with van der Waals surface area (Å²) in [6.07, 6.45) is 13.5. The number of benzene rings is 2. The molecule has 0 radical (unpaired) electrons. The third-order valence-corrected chi connectivity index (χ3v) is 7.08. The molecule has 160 valence electrons. The number of aliphatic imine (C=N–C) groups is 1. The highest BCUT2D eigenvalue weighted by Crippen LogP contribution is 2.49. The van der Waals surface area contributed by atoms with Gasteiger partial charge in [0.2, 0.25) is 0 Å². The van der Waals surface area contributed by atoms with Crippen LogP contribution in [0.1, 0.15) is 49.9 Å². The molecule has 2 aromatic rings. The molecule has 0 unspecified atom stereocenters. The van der Waals surface area contributed by atoms with E-state index < -0.39 is 0 Å². The van der Waals surface area contributed by atoms with Crippen LogP contribution < -0.4 is 5.73 Å². The summed E-state index contributed by atoms with van der Waals surface area (Å²) in [5.74, 6) is 0. The largest absolute Gasteiger partial charge is 0.405 e. The third-order valence-electron chi connectivity index (χ3n) is 6.28. The Bertz CT molecular complexity index is 1100. The second-order valence-corrected chi connectivity index (χ2v) is 9.63. The van der Waals surface area contributed by atoms with Crippen molar-refractivity contribution in [2.24, 2.45) is 10.7 Å². The first-order valence-electron chi connectivity index (χ1n) is 10.5. The van der Waals surface area contributed by atoms with Gasteiger partial charge in [0.1, 0.15) is 0 Å². The van der Waals surface area contributed by atoms with E-state index in [0.717, 1.165) is 0 Å². The maximum absolute atomic E-state index is 5.54. The average Bonchev–Trinajstić information content (AvgIpc) is 2.98. The molecule has 2 nitrogen and oxygen atoms in total. The number of rotatable bonds is 7. The first kappa shape index (κ1) is 22.9. The lowest BCUT2D eigenvalue weighted by molar-refractivity contribution is 0.622. The van der Waals surface area contributed by atoms with Gasteiger partial charge in [-0.05, 0) is 76.9 Å². The molecule has 0 heterocycles. The van der Waals surface area contributed by atoms with Crippen molar-refractivity contribution >= 4 is 24.1 Å². The lowest BCUT2D eigenvalue weighted by atomic mass is 9.75. The normalized spacial score (nSPS) is 16.0. The van der Waals surface area contributed by atoms with Crippen LogP contribution in [0, 0.1) is 0 Å². The molecule has 1 aliphatic carbocycles. The minimum atomic E-state index is -0.120. The Morgan fingerprint density at radius 1 is 1.06 bits per heavy atom. The Labute approximate surface area is 191 Å². The van der Waals surface area contributed by atoms with Gasteiger partial charge in [-0.1, -0.05) is 70.2 Å². The molecule has 0 spiro atoms. The molecule has 0 aromatic heterocycles. The Balaban J connectivity index is 2.21. The van der Waals surface area contributed by atoms with Gasteiger partial charge in [-0.15, -0.1) is 11.8 Å². The first-order valence-corrected chi connectivity index (χ1v) is 11.7. The minimum Gasteiger partial charge on any atom is -0.405 e. The predicted octanol–water partition coefficient (Wildman–Crippen LogP) is 7.02. The number of nitrogens with zero attached hydrogens (tertiary/aromatic N) is 1. The van der Waals surface area contributed by atoms with Gasteiger partial charge >= 0.3 is 0 Å². The fraction of sp³-hybridized carbons (Fsp3) is 0.250. The van der Waals surface area contributed by atoms with Crippen LogP contribution in [0.25, 0.3) is 5.57 Å². The maximum Gasteiger partial charge on any atom is 0.0266 e. The van der Waals surface area contributed by atoms with E-state index in [9.17, 15) is 0 Å². The molecule has 0 atom stereocenters. The summed E-state index contributed by atoms with van der Waals surface area (Å²) in [7, 11) is 0. The number of hydrogen-bond acceptors (Lipinski definition) is 3. The van der Waals surface area contributed by atoms with Crippen LogP contribution in [0.5, 0.6) is 0 Å². The summed E-state index contributed by atoms with van der Waals surface area (Å²) in [4.78, 5) is 5.28. The van der Waals surface area contributed by atoms with E-state index in [1.165, 1.54) is 38.3 Å². The van der Waals surface area contributed by atoms with Gasteiger partial charge in [-0.2, -0.15) is 0 Å². The molecule has 0 bridgehead atoms. The second kappa shape index (κ2) is 9.15. The summed E-state index contributed by atoms with van der Waals surface area (Å²) in [5, 5.41) is 0. The molecule has 2 aromatic carbocycles. The summed E-state index contributed by atoms with van der Waals surface area (Å²) in [6, 6.07) is 15.6. The van der Waals surface area contributed by atoms with Crippen molar-refractivity contribution in [3.8, 4) is 0 Å². The first-order chi connectivity index (χ1) is 14.8. The fourth-order valence-corrected chi connectivity index (χ4v) is 5.22. The van der Waals surface area contributed by atoms with Crippen molar-refractivity contribution in [2.75, 3.05) is 6.26 Å². The molecule has 0 fully saturated rings. The molecule has 0 saturated carbocycles. The second-order valence-electron chi connectivity index (χ2n) is 8.78. The van der Waals surface area contributed by atoms with E-state index >= 15 is 0 Å². The Kier molecular flexibility index (Phi) is 6.76. The Morgan fingerprint density at radius 3 is 2.48 bits per heavy atom. The topological polar surface area (TPSA) is 38.4 Å². The number of nitrogens with two attached hydrogens (primary N) is 1. The fourth-order valence-electron chi connectivity index (χ4n) is 4.47. The Hall–Kier alpha value is -2.78. The smallest absolute Gasteiger partial charge is 0.0266 e. The SMILES string of the molecule is C=N/C=C\C1=C(/C=C/C=C/N)C(C)(C)c2ccc(C(C)(C)c3ccccc3SC)cc21. The van der Waals surface area contributed by atoms with E-state index in [0.29, 0.717) is 0 Å². The maximum atomic E-state index is 5.54. The molecule has 2 N–H and O–H groups in total. The van der Waals surface area contributed by atoms with Crippen molar-refractivity contribution in [1.29, 1.82) is 0 Å². The molecular weight excluding hydrogens is 396 g/mol. The van der Waals surface area contributed by atoms with Crippen LogP contribution in [-0.2, 0) is 10.8 Å². The van der Waals surface area contributed by atoms with Crippen LogP contribution in [0.3, 0.4) is 0 Å². The highest BCUT2D eigenvalue weighted by Gasteiger charge is 2.37. The number of hydrogen-bond donors (Lipinski definition) is 1. The zero-order valence-corrected chi connectivity index (χ0v) is 20.0. The average molecular weight is 429 g/mol. The van der Waals surface area contributed by atoms with E-state index in [2.05, 4.69) is 100 Å². The zero-order chi connectivity index (χ0) is 22.6. The van der Waals surface area contributed by atoms with Gasteiger partial charge in [0.15, 0.2) is 0 Å². The summed E-state index contributed by atoms with van der Waals surface area (Å²) < 4.78 is 0. The quantitative estimate of drug-likeness (QED) is 0.292. The van der Waals surface area contributed by atoms with Gasteiger partial charge in [0.05, 0.1) is 0 Å². The predicted molar refractivity (Wildman–Crippen MR) is 138 cm³/mol. The molecule has 3 heteroatoms. The van der Waals surface area contributed by atoms with Gasteiger partial charge < -0.3 is 5.73 Å². The monoisotopic (exact) mass is 428 g/mol. The van der Waals surface area contributed by atoms with Crippen LogP contribution in [0.4, 0.5) is 0 Å². The van der Waals surface area contributed by atoms with Crippen LogP contribution >= 0.6 is 11.8 Å². The zero-order valence-electron chi connectivity index (χ0n) is 19.1. The summed E-state index contributed by atoms with van der Waals surface area (Å²) in [6.45, 7) is 12.8. The van der Waals surface area contributed by atoms with Gasteiger partial charge in [-0.3, -0.25) is 4.99 Å². The van der Waals surface area contributed by atoms with E-state index in [1.54, 1.807) is 24.2 Å². The molecule has 31 heavy (non-hydrogen) atoms. The molecule has 0 aliphatic heterocycles. The minimum absolute atomic E-state index is 0.116. The molecule has 0 saturated heterocycles. The molecule has 1 aliphatic rings. The summed E-state index contributed by atoms with van der Waals surface area (Å²) in [5.41, 5.74) is 13.0. The highest BCUT2D eigenvalue weighted by atomic mass is 32.2. The number of thioether (sulfide) groups is 1. The van der Waals surface area contributed by atoms with E-state index in [-0.39, 0.29) is 10.8 Å². The van der Waals surface area contributed by atoms with Crippen LogP contribution in [0.15, 0.2) is 94.6 Å². The molecule has 0 amide bonds. The lowest BCUT2D eigenvalue weighted by Crippen LogP contribution is -2.21. The van der Waals surface area contributed by atoms with Crippen molar-refractivity contribution in [1.82, 2.24) is 0 Å². The van der Waals surface area contributed by atoms with Gasteiger partial charge in [-0.25, -0.2) is 0 Å². The van der Waals surface area contributed by atoms with Crippen LogP contribution in [-0.4, -0.2) is 13.0 Å². The number of allylic oxidation sites excluding steroid dienone is 6. The number of fused-ring (bicyclic) bond motifs is 1. The van der Waals surface area contributed by atoms with Crippen LogP contribution in [0.2, 0.25) is 0 Å². The van der Waals surface area contributed by atoms with Crippen molar-refractivity contribution in [3.63, 3.8) is 0 Å². The van der Waals surface area contributed by atoms with E-state index in [4.69, 9.17) is 5.73 Å². The highest BCUT2D eigenvalue weighted by molar-refractivity contribution is 7.98. The molecule has 3 rings (SSSR count). The van der Waals surface area contributed by atoms with Crippen molar-refractivity contribution in [3.05, 3.63) is 107 Å². The van der Waals surface area contributed by atoms with Crippen molar-refractivity contribution in [2.45, 2.75) is 43.4 Å². The van der Waals surface area contributed by atoms with Crippen molar-refractivity contribution < 1.29 is 0 Å². The lowest BCUT2D eigenvalue weighted by Gasteiger charge is -2.29. The Morgan fingerprint density at radius 2 is 1.81 bits per heavy atom. The van der Waals surface area contributed by atoms with Gasteiger partial charge in [0.25, 0.3) is 0 Å². The standard InChI is InChI=1S/C28H32N2S/c1-27(2,25-12-7-8-13-26(25)31-6)20-14-15-24-22(19-20)21(16-18-30-5)23(28(24,3)4)11-9-10-17-29/h7-19H,5,29H2,1-4,6H3/b11-9+,17-10+,18-16-. The van der Waals surface area contributed by atoms with E-state index in [1.807, 2.05) is 12.2 Å².